The molecule has 3 rings (SSSR count). The first-order valence-electron chi connectivity index (χ1n) is 11.1. The minimum Gasteiger partial charge on any atom is -0.412 e. The van der Waals surface area contributed by atoms with Crippen LogP contribution >= 0.6 is 23.2 Å². The van der Waals surface area contributed by atoms with E-state index in [4.69, 9.17) is 23.2 Å². The van der Waals surface area contributed by atoms with Crippen molar-refractivity contribution in [3.63, 3.8) is 0 Å². The van der Waals surface area contributed by atoms with E-state index in [2.05, 4.69) is 48.4 Å². The number of amides is 1. The van der Waals surface area contributed by atoms with E-state index in [0.29, 0.717) is 23.7 Å². The molecule has 1 aliphatic heterocycles. The fraction of sp³-hybridized carbons (Fsp3) is 0.783. The minimum atomic E-state index is -0.0882. The number of carbonyl (C=O) groups excluding carboxylic acids is 1. The van der Waals surface area contributed by atoms with Crippen LogP contribution in [0.3, 0.4) is 0 Å². The summed E-state index contributed by atoms with van der Waals surface area (Å²) >= 11 is 12.7. The zero-order valence-corrected chi connectivity index (χ0v) is 19.3. The SMILES string of the molecule is CC(C)[C@@H](NCC1C=CC=CC1)C(=O)N1CCC(C2CCC(Cl)C(Cl)C2)CC1.O. The van der Waals surface area contributed by atoms with Crippen LogP contribution in [-0.2, 0) is 4.79 Å². The summed E-state index contributed by atoms with van der Waals surface area (Å²) in [7, 11) is 0. The predicted molar refractivity (Wildman–Crippen MR) is 123 cm³/mol. The van der Waals surface area contributed by atoms with E-state index in [9.17, 15) is 4.79 Å². The minimum absolute atomic E-state index is 0. The van der Waals surface area contributed by atoms with Crippen molar-refractivity contribution in [3.05, 3.63) is 24.3 Å². The highest BCUT2D eigenvalue weighted by Crippen LogP contribution is 2.39. The number of piperidine rings is 1. The van der Waals surface area contributed by atoms with Crippen LogP contribution in [0.2, 0.25) is 0 Å². The van der Waals surface area contributed by atoms with Crippen LogP contribution in [-0.4, -0.2) is 52.7 Å². The van der Waals surface area contributed by atoms with Gasteiger partial charge in [0.25, 0.3) is 0 Å². The van der Waals surface area contributed by atoms with Crippen LogP contribution in [0.4, 0.5) is 0 Å². The summed E-state index contributed by atoms with van der Waals surface area (Å²) < 4.78 is 0. The third-order valence-electron chi connectivity index (χ3n) is 6.85. The lowest BCUT2D eigenvalue weighted by Crippen LogP contribution is -2.52. The van der Waals surface area contributed by atoms with E-state index in [1.54, 1.807) is 0 Å². The Labute approximate surface area is 186 Å². The monoisotopic (exact) mass is 444 g/mol. The Morgan fingerprint density at radius 2 is 1.79 bits per heavy atom. The highest BCUT2D eigenvalue weighted by Gasteiger charge is 2.36. The fourth-order valence-corrected chi connectivity index (χ4v) is 5.58. The highest BCUT2D eigenvalue weighted by molar-refractivity contribution is 6.30. The molecule has 1 amide bonds. The summed E-state index contributed by atoms with van der Waals surface area (Å²) in [5.41, 5.74) is 0. The van der Waals surface area contributed by atoms with Gasteiger partial charge in [0.05, 0.1) is 11.4 Å². The van der Waals surface area contributed by atoms with E-state index in [-0.39, 0.29) is 28.2 Å². The molecular formula is C23H38Cl2N2O2. The van der Waals surface area contributed by atoms with E-state index in [1.165, 1.54) is 6.42 Å². The lowest BCUT2D eigenvalue weighted by molar-refractivity contribution is -0.136. The van der Waals surface area contributed by atoms with Crippen molar-refractivity contribution in [3.8, 4) is 0 Å². The summed E-state index contributed by atoms with van der Waals surface area (Å²) in [6.07, 6.45) is 15.2. The molecule has 1 heterocycles. The van der Waals surface area contributed by atoms with Crippen molar-refractivity contribution in [1.29, 1.82) is 0 Å². The number of halogens is 2. The first-order valence-corrected chi connectivity index (χ1v) is 12.0. The molecule has 1 saturated carbocycles. The quantitative estimate of drug-likeness (QED) is 0.624. The molecule has 2 fully saturated rings. The maximum atomic E-state index is 13.2. The standard InChI is InChI=1S/C23H36Cl2N2O.H2O/c1-16(2)22(26-15-17-6-4-3-5-7-17)23(28)27-12-10-18(11-13-27)19-8-9-20(24)21(25)14-19;/h3-6,16-22,26H,7-15H2,1-2H3;1H2/t17?,19?,20?,21?,22-;/m1./s1. The maximum Gasteiger partial charge on any atom is 0.239 e. The molecule has 5 atom stereocenters. The van der Waals surface area contributed by atoms with Crippen molar-refractivity contribution < 1.29 is 10.3 Å². The molecule has 3 aliphatic rings. The van der Waals surface area contributed by atoms with Gasteiger partial charge in [-0.25, -0.2) is 0 Å². The lowest BCUT2D eigenvalue weighted by Gasteiger charge is -2.41. The van der Waals surface area contributed by atoms with Crippen LogP contribution in [0.25, 0.3) is 0 Å². The van der Waals surface area contributed by atoms with Gasteiger partial charge in [0.1, 0.15) is 0 Å². The van der Waals surface area contributed by atoms with Crippen molar-refractivity contribution in [2.45, 2.75) is 69.2 Å². The number of alkyl halides is 2. The Morgan fingerprint density at radius 3 is 2.38 bits per heavy atom. The zero-order chi connectivity index (χ0) is 20.1. The molecule has 3 N–H and O–H groups in total. The molecule has 0 aromatic heterocycles. The number of rotatable bonds is 6. The van der Waals surface area contributed by atoms with Gasteiger partial charge in [-0.3, -0.25) is 4.79 Å². The Hall–Kier alpha value is -0.550. The van der Waals surface area contributed by atoms with Gasteiger partial charge in [-0.1, -0.05) is 38.2 Å². The van der Waals surface area contributed by atoms with E-state index >= 15 is 0 Å². The summed E-state index contributed by atoms with van der Waals surface area (Å²) in [5.74, 6) is 2.44. The molecule has 0 aromatic rings. The molecule has 0 spiro atoms. The topological polar surface area (TPSA) is 63.8 Å². The van der Waals surface area contributed by atoms with Crippen molar-refractivity contribution >= 4 is 29.1 Å². The van der Waals surface area contributed by atoms with Gasteiger partial charge in [-0.15, -0.1) is 23.2 Å². The average Bonchev–Trinajstić information content (AvgIpc) is 2.71. The normalized spacial score (nSPS) is 31.6. The second-order valence-electron chi connectivity index (χ2n) is 9.21. The molecule has 6 heteroatoms. The summed E-state index contributed by atoms with van der Waals surface area (Å²) in [6, 6.07) is -0.0882. The van der Waals surface area contributed by atoms with Gasteiger partial charge >= 0.3 is 0 Å². The zero-order valence-electron chi connectivity index (χ0n) is 17.8. The summed E-state index contributed by atoms with van der Waals surface area (Å²) in [5, 5.41) is 3.80. The number of nitrogens with one attached hydrogen (secondary N) is 1. The number of hydrogen-bond donors (Lipinski definition) is 1. The number of carbonyl (C=O) groups is 1. The van der Waals surface area contributed by atoms with Crippen molar-refractivity contribution in [1.82, 2.24) is 10.2 Å². The molecule has 0 aromatic carbocycles. The molecule has 1 saturated heterocycles. The maximum absolute atomic E-state index is 13.2. The van der Waals surface area contributed by atoms with E-state index in [0.717, 1.165) is 51.7 Å². The molecule has 0 radical (unpaired) electrons. The Balaban J connectivity index is 0.00000300. The van der Waals surface area contributed by atoms with E-state index < -0.39 is 0 Å². The fourth-order valence-electron chi connectivity index (χ4n) is 4.99. The highest BCUT2D eigenvalue weighted by atomic mass is 35.5. The molecule has 166 valence electrons. The number of likely N-dealkylation sites (tertiary alicyclic amines) is 1. The number of nitrogens with zero attached hydrogens (tertiary/aromatic N) is 1. The Kier molecular flexibility index (Phi) is 10.0. The third-order valence-corrected chi connectivity index (χ3v) is 7.99. The first-order chi connectivity index (χ1) is 13.5. The predicted octanol–water partition coefficient (Wildman–Crippen LogP) is 4.16. The molecule has 4 nitrogen and oxygen atoms in total. The van der Waals surface area contributed by atoms with Gasteiger partial charge in [0.15, 0.2) is 0 Å². The average molecular weight is 445 g/mol. The molecular weight excluding hydrogens is 407 g/mol. The summed E-state index contributed by atoms with van der Waals surface area (Å²) in [4.78, 5) is 15.3. The van der Waals surface area contributed by atoms with Crippen molar-refractivity contribution in [2.75, 3.05) is 19.6 Å². The second-order valence-corrected chi connectivity index (χ2v) is 10.3. The van der Waals surface area contributed by atoms with Crippen LogP contribution < -0.4 is 5.32 Å². The van der Waals surface area contributed by atoms with Crippen LogP contribution in [0.15, 0.2) is 24.3 Å². The smallest absolute Gasteiger partial charge is 0.239 e. The lowest BCUT2D eigenvalue weighted by atomic mass is 9.75. The molecule has 29 heavy (non-hydrogen) atoms. The Bertz CT molecular complexity index is 573. The van der Waals surface area contributed by atoms with Crippen LogP contribution in [0.1, 0.15) is 52.4 Å². The molecule has 2 aliphatic carbocycles. The second kappa shape index (κ2) is 11.7. The largest absolute Gasteiger partial charge is 0.412 e. The van der Waals surface area contributed by atoms with E-state index in [1.807, 2.05) is 0 Å². The number of allylic oxidation sites excluding steroid dienone is 3. The van der Waals surface area contributed by atoms with Gasteiger partial charge in [0.2, 0.25) is 5.91 Å². The Morgan fingerprint density at radius 1 is 1.07 bits per heavy atom. The molecule has 0 bridgehead atoms. The van der Waals surface area contributed by atoms with Crippen molar-refractivity contribution in [2.24, 2.45) is 23.7 Å². The van der Waals surface area contributed by atoms with Gasteiger partial charge in [-0.2, -0.15) is 0 Å². The molecule has 4 unspecified atom stereocenters. The third kappa shape index (κ3) is 6.72. The number of hydrogen-bond acceptors (Lipinski definition) is 2. The van der Waals surface area contributed by atoms with Gasteiger partial charge in [0, 0.05) is 25.0 Å². The van der Waals surface area contributed by atoms with Gasteiger partial charge < -0.3 is 15.7 Å². The first kappa shape index (κ1) is 24.7. The summed E-state index contributed by atoms with van der Waals surface area (Å²) in [6.45, 7) is 6.92. The van der Waals surface area contributed by atoms with Crippen LogP contribution in [0, 0.1) is 23.7 Å². The van der Waals surface area contributed by atoms with Crippen LogP contribution in [0.5, 0.6) is 0 Å². The van der Waals surface area contributed by atoms with Gasteiger partial charge in [-0.05, 0) is 62.2 Å².